The van der Waals surface area contributed by atoms with E-state index in [9.17, 15) is 0 Å². The van der Waals surface area contributed by atoms with Crippen LogP contribution >= 0.6 is 27.5 Å². The van der Waals surface area contributed by atoms with Gasteiger partial charge in [0.05, 0.1) is 10.5 Å². The van der Waals surface area contributed by atoms with Gasteiger partial charge >= 0.3 is 0 Å². The number of benzene rings is 1. The summed E-state index contributed by atoms with van der Waals surface area (Å²) < 4.78 is 0.769. The van der Waals surface area contributed by atoms with Crippen molar-refractivity contribution in [1.82, 2.24) is 9.97 Å². The molecule has 0 aliphatic heterocycles. The maximum absolute atomic E-state index is 5.97. The molecule has 0 amide bonds. The zero-order chi connectivity index (χ0) is 13.1. The Morgan fingerprint density at radius 3 is 2.94 bits per heavy atom. The summed E-state index contributed by atoms with van der Waals surface area (Å²) in [6.07, 6.45) is 1.62. The number of nitrogens with one attached hydrogen (secondary N) is 1. The van der Waals surface area contributed by atoms with Gasteiger partial charge in [0.1, 0.15) is 5.82 Å². The highest BCUT2D eigenvalue weighted by Crippen LogP contribution is 2.25. The van der Waals surface area contributed by atoms with Crippen LogP contribution in [0.15, 0.2) is 34.9 Å². The van der Waals surface area contributed by atoms with Crippen LogP contribution in [0, 0.1) is 0 Å². The molecule has 2 rings (SSSR count). The SMILES string of the molecule is CC(Nc1nc(N)ncc1Br)c1cccc(Cl)c1. The molecule has 0 saturated heterocycles. The van der Waals surface area contributed by atoms with Gasteiger partial charge in [0.2, 0.25) is 5.95 Å². The quantitative estimate of drug-likeness (QED) is 0.903. The molecule has 6 heteroatoms. The number of halogens is 2. The summed E-state index contributed by atoms with van der Waals surface area (Å²) in [6, 6.07) is 7.74. The Labute approximate surface area is 119 Å². The standard InChI is InChI=1S/C12H12BrClN4/c1-7(8-3-2-4-9(14)5-8)17-11-10(13)6-16-12(15)18-11/h2-7H,1H3,(H3,15,16,17,18). The molecule has 0 aliphatic rings. The van der Waals surface area contributed by atoms with E-state index >= 15 is 0 Å². The van der Waals surface area contributed by atoms with Gasteiger partial charge < -0.3 is 11.1 Å². The minimum atomic E-state index is 0.0642. The highest BCUT2D eigenvalue weighted by atomic mass is 79.9. The Bertz CT molecular complexity index is 562. The summed E-state index contributed by atoms with van der Waals surface area (Å²) in [5, 5.41) is 3.97. The van der Waals surface area contributed by atoms with E-state index in [4.69, 9.17) is 17.3 Å². The van der Waals surface area contributed by atoms with Crippen molar-refractivity contribution in [1.29, 1.82) is 0 Å². The van der Waals surface area contributed by atoms with Crippen molar-refractivity contribution in [3.63, 3.8) is 0 Å². The smallest absolute Gasteiger partial charge is 0.221 e. The lowest BCUT2D eigenvalue weighted by atomic mass is 10.1. The summed E-state index contributed by atoms with van der Waals surface area (Å²) >= 11 is 9.34. The number of aromatic nitrogens is 2. The molecule has 1 atom stereocenters. The van der Waals surface area contributed by atoms with Crippen molar-refractivity contribution < 1.29 is 0 Å². The minimum absolute atomic E-state index is 0.0642. The van der Waals surface area contributed by atoms with Gasteiger partial charge in [0, 0.05) is 11.2 Å². The van der Waals surface area contributed by atoms with Gasteiger partial charge in [0.25, 0.3) is 0 Å². The molecule has 1 aromatic heterocycles. The predicted molar refractivity (Wildman–Crippen MR) is 77.6 cm³/mol. The van der Waals surface area contributed by atoms with Crippen LogP contribution < -0.4 is 11.1 Å². The number of hydrogen-bond acceptors (Lipinski definition) is 4. The fourth-order valence-corrected chi connectivity index (χ4v) is 2.05. The van der Waals surface area contributed by atoms with Crippen molar-refractivity contribution in [3.05, 3.63) is 45.5 Å². The van der Waals surface area contributed by atoms with Crippen LogP contribution in [0.2, 0.25) is 5.02 Å². The van der Waals surface area contributed by atoms with Crippen molar-refractivity contribution >= 4 is 39.3 Å². The maximum atomic E-state index is 5.97. The van der Waals surface area contributed by atoms with Gasteiger partial charge in [-0.15, -0.1) is 0 Å². The van der Waals surface area contributed by atoms with E-state index in [1.807, 2.05) is 31.2 Å². The van der Waals surface area contributed by atoms with Crippen LogP contribution in [-0.4, -0.2) is 9.97 Å². The molecule has 1 aromatic carbocycles. The summed E-state index contributed by atoms with van der Waals surface area (Å²) in [5.74, 6) is 0.897. The summed E-state index contributed by atoms with van der Waals surface area (Å²) in [7, 11) is 0. The van der Waals surface area contributed by atoms with Crippen LogP contribution in [0.5, 0.6) is 0 Å². The van der Waals surface area contributed by atoms with Gasteiger partial charge in [0.15, 0.2) is 0 Å². The first-order valence-electron chi connectivity index (χ1n) is 5.36. The molecule has 4 nitrogen and oxygen atoms in total. The predicted octanol–water partition coefficient (Wildman–Crippen LogP) is 3.65. The van der Waals surface area contributed by atoms with Crippen LogP contribution in [0.25, 0.3) is 0 Å². The lowest BCUT2D eigenvalue weighted by molar-refractivity contribution is 0.871. The number of hydrogen-bond donors (Lipinski definition) is 2. The second kappa shape index (κ2) is 5.54. The highest BCUT2D eigenvalue weighted by molar-refractivity contribution is 9.10. The number of anilines is 2. The van der Waals surface area contributed by atoms with E-state index in [0.717, 1.165) is 10.0 Å². The van der Waals surface area contributed by atoms with Gasteiger partial charge in [-0.2, -0.15) is 4.98 Å². The molecule has 94 valence electrons. The molecule has 1 unspecified atom stereocenters. The summed E-state index contributed by atoms with van der Waals surface area (Å²) in [5.41, 5.74) is 6.64. The van der Waals surface area contributed by atoms with E-state index < -0.39 is 0 Å². The van der Waals surface area contributed by atoms with Crippen LogP contribution in [0.3, 0.4) is 0 Å². The monoisotopic (exact) mass is 326 g/mol. The molecule has 3 N–H and O–H groups in total. The van der Waals surface area contributed by atoms with E-state index in [-0.39, 0.29) is 12.0 Å². The van der Waals surface area contributed by atoms with Gasteiger partial charge in [-0.1, -0.05) is 23.7 Å². The number of nitrogens with two attached hydrogens (primary N) is 1. The first-order chi connectivity index (χ1) is 8.56. The van der Waals surface area contributed by atoms with Crippen LogP contribution in [-0.2, 0) is 0 Å². The number of nitrogen functional groups attached to an aromatic ring is 1. The average molecular weight is 328 g/mol. The highest BCUT2D eigenvalue weighted by Gasteiger charge is 2.09. The first-order valence-corrected chi connectivity index (χ1v) is 6.53. The molecular weight excluding hydrogens is 316 g/mol. The van der Waals surface area contributed by atoms with Gasteiger partial charge in [-0.3, -0.25) is 0 Å². The molecule has 0 spiro atoms. The van der Waals surface area contributed by atoms with Gasteiger partial charge in [-0.25, -0.2) is 4.98 Å². The Morgan fingerprint density at radius 1 is 1.44 bits per heavy atom. The number of rotatable bonds is 3. The minimum Gasteiger partial charge on any atom is -0.368 e. The topological polar surface area (TPSA) is 63.8 Å². The molecule has 0 fully saturated rings. The molecule has 0 radical (unpaired) electrons. The third-order valence-electron chi connectivity index (χ3n) is 2.46. The zero-order valence-corrected chi connectivity index (χ0v) is 12.0. The third-order valence-corrected chi connectivity index (χ3v) is 3.28. The average Bonchev–Trinajstić information content (AvgIpc) is 2.34. The van der Waals surface area contributed by atoms with E-state index in [1.165, 1.54) is 0 Å². The molecule has 0 saturated carbocycles. The fourth-order valence-electron chi connectivity index (χ4n) is 1.55. The van der Waals surface area contributed by atoms with Crippen molar-refractivity contribution in [2.45, 2.75) is 13.0 Å². The zero-order valence-electron chi connectivity index (χ0n) is 9.69. The second-order valence-corrected chi connectivity index (χ2v) is 5.14. The fraction of sp³-hybridized carbons (Fsp3) is 0.167. The van der Waals surface area contributed by atoms with Crippen molar-refractivity contribution in [2.75, 3.05) is 11.1 Å². The summed E-state index contributed by atoms with van der Waals surface area (Å²) in [6.45, 7) is 2.02. The molecule has 1 heterocycles. The van der Waals surface area contributed by atoms with Crippen LogP contribution in [0.1, 0.15) is 18.5 Å². The second-order valence-electron chi connectivity index (χ2n) is 3.85. The van der Waals surface area contributed by atoms with E-state index in [0.29, 0.717) is 10.8 Å². The van der Waals surface area contributed by atoms with E-state index in [1.54, 1.807) is 6.20 Å². The lowest BCUT2D eigenvalue weighted by Gasteiger charge is -2.16. The van der Waals surface area contributed by atoms with Crippen LogP contribution in [0.4, 0.5) is 11.8 Å². The first kappa shape index (κ1) is 13.1. The lowest BCUT2D eigenvalue weighted by Crippen LogP contribution is -2.09. The molecule has 0 aliphatic carbocycles. The summed E-state index contributed by atoms with van der Waals surface area (Å²) in [4.78, 5) is 8.03. The Balaban J connectivity index is 2.21. The van der Waals surface area contributed by atoms with Gasteiger partial charge in [-0.05, 0) is 40.5 Å². The molecule has 18 heavy (non-hydrogen) atoms. The Morgan fingerprint density at radius 2 is 2.22 bits per heavy atom. The Kier molecular flexibility index (Phi) is 4.04. The Hall–Kier alpha value is -1.33. The molecular formula is C12H12BrClN4. The van der Waals surface area contributed by atoms with Crippen molar-refractivity contribution in [3.8, 4) is 0 Å². The largest absolute Gasteiger partial charge is 0.368 e. The molecule has 0 bridgehead atoms. The van der Waals surface area contributed by atoms with E-state index in [2.05, 4.69) is 31.2 Å². The maximum Gasteiger partial charge on any atom is 0.221 e. The normalized spacial score (nSPS) is 12.2. The third kappa shape index (κ3) is 3.11. The van der Waals surface area contributed by atoms with Crippen molar-refractivity contribution in [2.24, 2.45) is 0 Å². The number of nitrogens with zero attached hydrogens (tertiary/aromatic N) is 2. The molecule has 2 aromatic rings.